The van der Waals surface area contributed by atoms with Gasteiger partial charge in [0.2, 0.25) is 0 Å². The van der Waals surface area contributed by atoms with Crippen LogP contribution in [0.15, 0.2) is 16.9 Å². The Morgan fingerprint density at radius 2 is 2.24 bits per heavy atom. The maximum absolute atomic E-state index is 11.5. The molecule has 0 aliphatic heterocycles. The number of aromatic nitrogens is 2. The Hall–Kier alpha value is -2.18. The van der Waals surface area contributed by atoms with E-state index in [1.165, 1.54) is 12.1 Å². The quantitative estimate of drug-likeness (QED) is 0.647. The van der Waals surface area contributed by atoms with Crippen LogP contribution in [0.2, 0.25) is 0 Å². The monoisotopic (exact) mass is 239 g/mol. The first-order valence-corrected chi connectivity index (χ1v) is 5.07. The standard InChI is InChI=1S/C10H13N3O4/c1-6(10(16)17)4-5-11-9(15)7-2-3-8(14)13-12-7/h2-3,6H,4-5H2,1H3,(H,11,15)(H,13,14)(H,16,17)/t6-/m1/s1. The summed E-state index contributed by atoms with van der Waals surface area (Å²) in [6.45, 7) is 1.81. The average Bonchev–Trinajstić information content (AvgIpc) is 2.29. The number of hydrogen-bond acceptors (Lipinski definition) is 4. The molecule has 7 heteroatoms. The third-order valence-corrected chi connectivity index (χ3v) is 2.20. The summed E-state index contributed by atoms with van der Waals surface area (Å²) in [5.74, 6) is -1.86. The van der Waals surface area contributed by atoms with Crippen LogP contribution >= 0.6 is 0 Å². The van der Waals surface area contributed by atoms with E-state index in [1.807, 2.05) is 0 Å². The van der Waals surface area contributed by atoms with Crippen molar-refractivity contribution in [3.05, 3.63) is 28.2 Å². The Kier molecular flexibility index (Phi) is 4.38. The predicted octanol–water partition coefficient (Wildman–Crippen LogP) is -0.390. The fraction of sp³-hybridized carbons (Fsp3) is 0.400. The summed E-state index contributed by atoms with van der Waals surface area (Å²) in [7, 11) is 0. The summed E-state index contributed by atoms with van der Waals surface area (Å²) in [5.41, 5.74) is -0.298. The lowest BCUT2D eigenvalue weighted by molar-refractivity contribution is -0.141. The molecule has 0 saturated carbocycles. The van der Waals surface area contributed by atoms with Crippen molar-refractivity contribution in [1.29, 1.82) is 0 Å². The molecule has 92 valence electrons. The Bertz CT molecular complexity index is 448. The van der Waals surface area contributed by atoms with Crippen LogP contribution in [0.4, 0.5) is 0 Å². The number of hydrogen-bond donors (Lipinski definition) is 3. The summed E-state index contributed by atoms with van der Waals surface area (Å²) in [5, 5.41) is 16.8. The van der Waals surface area contributed by atoms with Crippen LogP contribution < -0.4 is 10.9 Å². The zero-order valence-corrected chi connectivity index (χ0v) is 9.27. The zero-order chi connectivity index (χ0) is 12.8. The number of rotatable bonds is 5. The number of amides is 1. The van der Waals surface area contributed by atoms with Crippen molar-refractivity contribution >= 4 is 11.9 Å². The van der Waals surface area contributed by atoms with E-state index in [2.05, 4.69) is 15.5 Å². The maximum Gasteiger partial charge on any atom is 0.306 e. The number of aromatic amines is 1. The number of nitrogens with zero attached hydrogens (tertiary/aromatic N) is 1. The zero-order valence-electron chi connectivity index (χ0n) is 9.27. The molecule has 3 N–H and O–H groups in total. The van der Waals surface area contributed by atoms with Gasteiger partial charge in [0.25, 0.3) is 11.5 Å². The van der Waals surface area contributed by atoms with E-state index in [1.54, 1.807) is 6.92 Å². The fourth-order valence-corrected chi connectivity index (χ4v) is 1.09. The molecule has 0 saturated heterocycles. The molecule has 17 heavy (non-hydrogen) atoms. The second-order valence-corrected chi connectivity index (χ2v) is 3.59. The van der Waals surface area contributed by atoms with Gasteiger partial charge in [-0.05, 0) is 12.5 Å². The van der Waals surface area contributed by atoms with Gasteiger partial charge in [-0.2, -0.15) is 5.10 Å². The van der Waals surface area contributed by atoms with Gasteiger partial charge in [0.05, 0.1) is 5.92 Å². The minimum Gasteiger partial charge on any atom is -0.481 e. The molecule has 0 unspecified atom stereocenters. The molecule has 1 amide bonds. The highest BCUT2D eigenvalue weighted by atomic mass is 16.4. The van der Waals surface area contributed by atoms with Crippen LogP contribution in [0.3, 0.4) is 0 Å². The SMILES string of the molecule is C[C@H](CCNC(=O)c1ccc(=O)[nH]n1)C(=O)O. The number of carboxylic acid groups (broad SMARTS) is 1. The van der Waals surface area contributed by atoms with Crippen LogP contribution in [-0.4, -0.2) is 33.7 Å². The van der Waals surface area contributed by atoms with Crippen LogP contribution in [0.25, 0.3) is 0 Å². The van der Waals surface area contributed by atoms with Crippen molar-refractivity contribution in [3.8, 4) is 0 Å². The summed E-state index contributed by atoms with van der Waals surface area (Å²) in [6, 6.07) is 2.50. The van der Waals surface area contributed by atoms with Crippen LogP contribution in [-0.2, 0) is 4.79 Å². The highest BCUT2D eigenvalue weighted by Gasteiger charge is 2.12. The summed E-state index contributed by atoms with van der Waals surface area (Å²) in [6.07, 6.45) is 0.338. The van der Waals surface area contributed by atoms with E-state index in [0.717, 1.165) is 0 Å². The fourth-order valence-electron chi connectivity index (χ4n) is 1.09. The van der Waals surface area contributed by atoms with Gasteiger partial charge >= 0.3 is 5.97 Å². The predicted molar refractivity (Wildman–Crippen MR) is 58.6 cm³/mol. The first-order valence-electron chi connectivity index (χ1n) is 5.07. The molecule has 0 radical (unpaired) electrons. The van der Waals surface area contributed by atoms with Gasteiger partial charge in [-0.3, -0.25) is 14.4 Å². The molecule has 1 aromatic rings. The Morgan fingerprint density at radius 1 is 1.53 bits per heavy atom. The molecule has 0 fully saturated rings. The lowest BCUT2D eigenvalue weighted by Crippen LogP contribution is -2.28. The second-order valence-electron chi connectivity index (χ2n) is 3.59. The van der Waals surface area contributed by atoms with E-state index in [9.17, 15) is 14.4 Å². The first kappa shape index (κ1) is 12.9. The van der Waals surface area contributed by atoms with Gasteiger partial charge < -0.3 is 10.4 Å². The molecule has 1 heterocycles. The minimum absolute atomic E-state index is 0.0904. The van der Waals surface area contributed by atoms with E-state index in [4.69, 9.17) is 5.11 Å². The number of carboxylic acids is 1. The van der Waals surface area contributed by atoms with E-state index in [-0.39, 0.29) is 17.8 Å². The summed E-state index contributed by atoms with van der Waals surface area (Å²) >= 11 is 0. The molecule has 0 aromatic carbocycles. The molecule has 0 aliphatic carbocycles. The Morgan fingerprint density at radius 3 is 2.76 bits per heavy atom. The van der Waals surface area contributed by atoms with Gasteiger partial charge in [0.15, 0.2) is 0 Å². The molecule has 1 aromatic heterocycles. The highest BCUT2D eigenvalue weighted by Crippen LogP contribution is 2.00. The lowest BCUT2D eigenvalue weighted by atomic mass is 10.1. The molecule has 0 spiro atoms. The van der Waals surface area contributed by atoms with Crippen LogP contribution in [0.5, 0.6) is 0 Å². The highest BCUT2D eigenvalue weighted by molar-refractivity contribution is 5.91. The third-order valence-electron chi connectivity index (χ3n) is 2.20. The molecule has 7 nitrogen and oxygen atoms in total. The normalized spacial score (nSPS) is 11.8. The number of aliphatic carboxylic acids is 1. The van der Waals surface area contributed by atoms with Crippen molar-refractivity contribution in [2.75, 3.05) is 6.54 Å². The number of nitrogens with one attached hydrogen (secondary N) is 2. The maximum atomic E-state index is 11.5. The summed E-state index contributed by atoms with van der Waals surface area (Å²) in [4.78, 5) is 32.7. The topological polar surface area (TPSA) is 112 Å². The molecular formula is C10H13N3O4. The second kappa shape index (κ2) is 5.78. The molecule has 1 rings (SSSR count). The first-order chi connectivity index (χ1) is 8.00. The lowest BCUT2D eigenvalue weighted by Gasteiger charge is -2.06. The molecule has 0 bridgehead atoms. The van der Waals surface area contributed by atoms with Crippen molar-refractivity contribution in [2.45, 2.75) is 13.3 Å². The van der Waals surface area contributed by atoms with Crippen molar-refractivity contribution < 1.29 is 14.7 Å². The molecule has 1 atom stereocenters. The Balaban J connectivity index is 2.43. The number of carbonyl (C=O) groups is 2. The number of H-pyrrole nitrogens is 1. The third kappa shape index (κ3) is 4.06. The smallest absolute Gasteiger partial charge is 0.306 e. The van der Waals surface area contributed by atoms with Gasteiger partial charge in [-0.25, -0.2) is 5.10 Å². The van der Waals surface area contributed by atoms with Gasteiger partial charge in [-0.1, -0.05) is 6.92 Å². The molecular weight excluding hydrogens is 226 g/mol. The largest absolute Gasteiger partial charge is 0.481 e. The van der Waals surface area contributed by atoms with Crippen molar-refractivity contribution in [3.63, 3.8) is 0 Å². The van der Waals surface area contributed by atoms with Gasteiger partial charge in [0.1, 0.15) is 5.69 Å². The van der Waals surface area contributed by atoms with Crippen LogP contribution in [0.1, 0.15) is 23.8 Å². The van der Waals surface area contributed by atoms with Gasteiger partial charge in [0, 0.05) is 12.6 Å². The number of carbonyl (C=O) groups excluding carboxylic acids is 1. The van der Waals surface area contributed by atoms with E-state index >= 15 is 0 Å². The van der Waals surface area contributed by atoms with E-state index < -0.39 is 17.8 Å². The van der Waals surface area contributed by atoms with Crippen molar-refractivity contribution in [2.24, 2.45) is 5.92 Å². The van der Waals surface area contributed by atoms with E-state index in [0.29, 0.717) is 6.42 Å². The minimum atomic E-state index is -0.901. The Labute approximate surface area is 96.9 Å². The van der Waals surface area contributed by atoms with Gasteiger partial charge in [-0.15, -0.1) is 0 Å². The van der Waals surface area contributed by atoms with Crippen LogP contribution in [0, 0.1) is 5.92 Å². The average molecular weight is 239 g/mol. The molecule has 0 aliphatic rings. The van der Waals surface area contributed by atoms with Crippen molar-refractivity contribution in [1.82, 2.24) is 15.5 Å². The summed E-state index contributed by atoms with van der Waals surface area (Å²) < 4.78 is 0.